The molecule has 2 aromatic rings. The zero-order valence-electron chi connectivity index (χ0n) is 10.9. The molecule has 0 radical (unpaired) electrons. The quantitative estimate of drug-likeness (QED) is 0.853. The molecule has 0 bridgehead atoms. The van der Waals surface area contributed by atoms with E-state index in [4.69, 9.17) is 9.47 Å². The second kappa shape index (κ2) is 5.46. The van der Waals surface area contributed by atoms with Gasteiger partial charge in [0, 0.05) is 17.8 Å². The van der Waals surface area contributed by atoms with Gasteiger partial charge in [-0.05, 0) is 12.1 Å². The Bertz CT molecular complexity index is 597. The zero-order valence-corrected chi connectivity index (χ0v) is 11.7. The first-order valence-corrected chi connectivity index (χ1v) is 7.00. The number of pyridine rings is 1. The fourth-order valence-corrected chi connectivity index (χ4v) is 2.53. The summed E-state index contributed by atoms with van der Waals surface area (Å²) in [6, 6.07) is 3.43. The molecule has 104 valence electrons. The van der Waals surface area contributed by atoms with Crippen LogP contribution in [0.25, 0.3) is 0 Å². The summed E-state index contributed by atoms with van der Waals surface area (Å²) in [5.41, 5.74) is 0.475. The van der Waals surface area contributed by atoms with Crippen LogP contribution in [0.5, 0.6) is 11.1 Å². The van der Waals surface area contributed by atoms with Crippen molar-refractivity contribution < 1.29 is 14.3 Å². The van der Waals surface area contributed by atoms with Crippen LogP contribution in [-0.4, -0.2) is 47.1 Å². The number of likely N-dealkylation sites (tertiary alicyclic amines) is 1. The van der Waals surface area contributed by atoms with Crippen molar-refractivity contribution >= 4 is 17.2 Å². The molecule has 20 heavy (non-hydrogen) atoms. The highest BCUT2D eigenvalue weighted by molar-refractivity contribution is 7.11. The minimum Gasteiger partial charge on any atom is -0.480 e. The summed E-state index contributed by atoms with van der Waals surface area (Å²) in [5.74, 6) is 0.260. The molecule has 3 heterocycles. The van der Waals surface area contributed by atoms with Crippen molar-refractivity contribution in [2.24, 2.45) is 0 Å². The molecule has 2 aromatic heterocycles. The van der Waals surface area contributed by atoms with Crippen LogP contribution in [0.1, 0.15) is 10.4 Å². The first kappa shape index (κ1) is 12.9. The maximum absolute atomic E-state index is 12.3. The van der Waals surface area contributed by atoms with Crippen molar-refractivity contribution in [1.29, 1.82) is 0 Å². The van der Waals surface area contributed by atoms with Crippen LogP contribution < -0.4 is 9.47 Å². The summed E-state index contributed by atoms with van der Waals surface area (Å²) < 4.78 is 10.7. The van der Waals surface area contributed by atoms with Gasteiger partial charge in [-0.3, -0.25) is 4.79 Å². The van der Waals surface area contributed by atoms with E-state index >= 15 is 0 Å². The molecule has 3 rings (SSSR count). The van der Waals surface area contributed by atoms with Crippen molar-refractivity contribution in [1.82, 2.24) is 14.9 Å². The molecule has 0 spiro atoms. The second-order valence-electron chi connectivity index (χ2n) is 4.31. The minimum absolute atomic E-state index is 0.00719. The molecule has 0 aromatic carbocycles. The summed E-state index contributed by atoms with van der Waals surface area (Å²) in [5, 5.41) is 2.50. The van der Waals surface area contributed by atoms with Gasteiger partial charge >= 0.3 is 0 Å². The van der Waals surface area contributed by atoms with E-state index in [2.05, 4.69) is 9.97 Å². The van der Waals surface area contributed by atoms with Gasteiger partial charge in [-0.1, -0.05) is 11.3 Å². The maximum Gasteiger partial charge on any atom is 0.273 e. The first-order chi connectivity index (χ1) is 9.78. The molecule has 0 atom stereocenters. The van der Waals surface area contributed by atoms with Crippen molar-refractivity contribution in [2.75, 3.05) is 20.2 Å². The van der Waals surface area contributed by atoms with Gasteiger partial charge in [-0.15, -0.1) is 0 Å². The Kier molecular flexibility index (Phi) is 3.51. The predicted octanol–water partition coefficient (Wildman–Crippen LogP) is 1.45. The molecular weight excluding hydrogens is 278 g/mol. The molecular formula is C13H13N3O3S. The number of hydrogen-bond acceptors (Lipinski definition) is 6. The highest BCUT2D eigenvalue weighted by Crippen LogP contribution is 2.23. The normalized spacial score (nSPS) is 14.8. The van der Waals surface area contributed by atoms with Crippen LogP contribution in [0.15, 0.2) is 29.9 Å². The standard InChI is InChI=1S/C13H13N3O3S/c1-18-11-10(3-2-4-14-11)12(17)16-7-9(8-16)19-13-15-5-6-20-13/h2-6,9H,7-8H2,1H3. The van der Waals surface area contributed by atoms with E-state index in [0.717, 1.165) is 0 Å². The van der Waals surface area contributed by atoms with Gasteiger partial charge in [-0.2, -0.15) is 0 Å². The number of rotatable bonds is 4. The highest BCUT2D eigenvalue weighted by atomic mass is 32.1. The Labute approximate surface area is 120 Å². The largest absolute Gasteiger partial charge is 0.480 e. The van der Waals surface area contributed by atoms with Gasteiger partial charge in [0.1, 0.15) is 11.7 Å². The Morgan fingerprint density at radius 2 is 2.25 bits per heavy atom. The number of ether oxygens (including phenoxy) is 2. The number of carbonyl (C=O) groups is 1. The molecule has 6 nitrogen and oxygen atoms in total. The van der Waals surface area contributed by atoms with Crippen molar-refractivity contribution in [3.8, 4) is 11.1 Å². The van der Waals surface area contributed by atoms with Crippen LogP contribution in [0.2, 0.25) is 0 Å². The van der Waals surface area contributed by atoms with Gasteiger partial charge in [-0.25, -0.2) is 9.97 Å². The Hall–Kier alpha value is -2.15. The van der Waals surface area contributed by atoms with Crippen molar-refractivity contribution in [3.63, 3.8) is 0 Å². The average Bonchev–Trinajstić information content (AvgIpc) is 2.94. The lowest BCUT2D eigenvalue weighted by atomic mass is 10.1. The first-order valence-electron chi connectivity index (χ1n) is 6.12. The van der Waals surface area contributed by atoms with Gasteiger partial charge < -0.3 is 14.4 Å². The van der Waals surface area contributed by atoms with E-state index < -0.39 is 0 Å². The van der Waals surface area contributed by atoms with E-state index in [0.29, 0.717) is 29.7 Å². The molecule has 7 heteroatoms. The number of nitrogens with zero attached hydrogens (tertiary/aromatic N) is 3. The Morgan fingerprint density at radius 3 is 2.95 bits per heavy atom. The lowest BCUT2D eigenvalue weighted by Crippen LogP contribution is -2.56. The van der Waals surface area contributed by atoms with Crippen LogP contribution in [0.3, 0.4) is 0 Å². The third kappa shape index (κ3) is 2.44. The topological polar surface area (TPSA) is 64.5 Å². The number of thiazole rings is 1. The smallest absolute Gasteiger partial charge is 0.273 e. The van der Waals surface area contributed by atoms with Crippen molar-refractivity contribution in [3.05, 3.63) is 35.5 Å². The van der Waals surface area contributed by atoms with Gasteiger partial charge in [0.25, 0.3) is 11.1 Å². The molecule has 1 aliphatic heterocycles. The van der Waals surface area contributed by atoms with E-state index in [-0.39, 0.29) is 12.0 Å². The lowest BCUT2D eigenvalue weighted by molar-refractivity contribution is 0.0174. The average molecular weight is 291 g/mol. The van der Waals surface area contributed by atoms with E-state index in [1.165, 1.54) is 18.4 Å². The summed E-state index contributed by atoms with van der Waals surface area (Å²) in [6.07, 6.45) is 3.30. The molecule has 1 fully saturated rings. The van der Waals surface area contributed by atoms with Gasteiger partial charge in [0.15, 0.2) is 0 Å². The molecule has 1 aliphatic rings. The Balaban J connectivity index is 1.60. The van der Waals surface area contributed by atoms with Gasteiger partial charge in [0.05, 0.1) is 20.2 Å². The highest BCUT2D eigenvalue weighted by Gasteiger charge is 2.34. The summed E-state index contributed by atoms with van der Waals surface area (Å²) in [4.78, 5) is 22.1. The predicted molar refractivity (Wildman–Crippen MR) is 73.2 cm³/mol. The van der Waals surface area contributed by atoms with Crippen LogP contribution in [0.4, 0.5) is 0 Å². The summed E-state index contributed by atoms with van der Waals surface area (Å²) in [7, 11) is 1.50. The molecule has 0 unspecified atom stereocenters. The number of carbonyl (C=O) groups excluding carboxylic acids is 1. The maximum atomic E-state index is 12.3. The number of hydrogen-bond donors (Lipinski definition) is 0. The van der Waals surface area contributed by atoms with Crippen LogP contribution in [-0.2, 0) is 0 Å². The third-order valence-corrected chi connectivity index (χ3v) is 3.67. The summed E-state index contributed by atoms with van der Waals surface area (Å²) >= 11 is 1.45. The number of aromatic nitrogens is 2. The van der Waals surface area contributed by atoms with Crippen molar-refractivity contribution in [2.45, 2.75) is 6.10 Å². The SMILES string of the molecule is COc1ncccc1C(=O)N1CC(Oc2nccs2)C1. The molecule has 1 saturated heterocycles. The fourth-order valence-electron chi connectivity index (χ4n) is 1.98. The number of amides is 1. The molecule has 0 aliphatic carbocycles. The number of methoxy groups -OCH3 is 1. The Morgan fingerprint density at radius 1 is 1.40 bits per heavy atom. The molecule has 0 N–H and O–H groups in total. The zero-order chi connectivity index (χ0) is 13.9. The second-order valence-corrected chi connectivity index (χ2v) is 5.17. The van der Waals surface area contributed by atoms with E-state index in [1.54, 1.807) is 29.4 Å². The fraction of sp³-hybridized carbons (Fsp3) is 0.308. The molecule has 1 amide bonds. The van der Waals surface area contributed by atoms with E-state index in [1.807, 2.05) is 5.38 Å². The molecule has 0 saturated carbocycles. The van der Waals surface area contributed by atoms with Crippen LogP contribution in [0, 0.1) is 0 Å². The van der Waals surface area contributed by atoms with E-state index in [9.17, 15) is 4.79 Å². The monoisotopic (exact) mass is 291 g/mol. The summed E-state index contributed by atoms with van der Waals surface area (Å²) in [6.45, 7) is 1.10. The minimum atomic E-state index is -0.0889. The van der Waals surface area contributed by atoms with Gasteiger partial charge in [0.2, 0.25) is 5.88 Å². The lowest BCUT2D eigenvalue weighted by Gasteiger charge is -2.38. The third-order valence-electron chi connectivity index (χ3n) is 3.01. The van der Waals surface area contributed by atoms with Crippen LogP contribution >= 0.6 is 11.3 Å².